The summed E-state index contributed by atoms with van der Waals surface area (Å²) >= 11 is 6.19. The summed E-state index contributed by atoms with van der Waals surface area (Å²) < 4.78 is 0. The molecular formula is C16H21ClN6O3. The van der Waals surface area contributed by atoms with E-state index in [2.05, 4.69) is 25.5 Å². The van der Waals surface area contributed by atoms with Crippen LogP contribution in [0.15, 0.2) is 50.5 Å². The van der Waals surface area contributed by atoms with E-state index in [0.29, 0.717) is 12.1 Å². The topological polar surface area (TPSA) is 148 Å². The maximum Gasteiger partial charge on any atom is 0.218 e. The molecule has 3 rings (SSSR count). The molecule has 0 spiro atoms. The van der Waals surface area contributed by atoms with Gasteiger partial charge in [0.05, 0.1) is 17.9 Å². The first-order chi connectivity index (χ1) is 12.5. The standard InChI is InChI=1S/C16H21ClN6O3/c17-14-11(23-22-9-4-2-1-3-5-9)15(21-16(18)20-14)19-10-6-8(7-24)12(25)13(10)26/h1-5,8,10-13,15,19,24-26H,6-7H2,(H2,18,21)/t8-,10-,11?,12-,13+,15?/m1/s1. The Morgan fingerprint density at radius 1 is 1.23 bits per heavy atom. The molecule has 2 aliphatic rings. The van der Waals surface area contributed by atoms with Crippen LogP contribution in [0.1, 0.15) is 6.42 Å². The van der Waals surface area contributed by atoms with Crippen molar-refractivity contribution in [3.05, 3.63) is 30.3 Å². The van der Waals surface area contributed by atoms with Gasteiger partial charge in [-0.3, -0.25) is 5.32 Å². The molecule has 0 aromatic heterocycles. The van der Waals surface area contributed by atoms with E-state index in [9.17, 15) is 15.3 Å². The van der Waals surface area contributed by atoms with Crippen molar-refractivity contribution in [2.45, 2.75) is 36.9 Å². The lowest BCUT2D eigenvalue weighted by atomic mass is 10.1. The van der Waals surface area contributed by atoms with Gasteiger partial charge in [0, 0.05) is 18.6 Å². The minimum atomic E-state index is -1.05. The molecule has 1 fully saturated rings. The number of hydrogen-bond acceptors (Lipinski definition) is 9. The van der Waals surface area contributed by atoms with Gasteiger partial charge in [-0.15, -0.1) is 0 Å². The van der Waals surface area contributed by atoms with Crippen molar-refractivity contribution in [3.8, 4) is 0 Å². The fourth-order valence-corrected chi connectivity index (χ4v) is 3.35. The van der Waals surface area contributed by atoms with Gasteiger partial charge in [0.15, 0.2) is 6.04 Å². The van der Waals surface area contributed by atoms with Crippen LogP contribution in [0.3, 0.4) is 0 Å². The Hall–Kier alpha value is -1.91. The van der Waals surface area contributed by atoms with Crippen LogP contribution in [-0.4, -0.2) is 63.5 Å². The molecule has 140 valence electrons. The van der Waals surface area contributed by atoms with Crippen LogP contribution in [-0.2, 0) is 0 Å². The number of nitrogens with two attached hydrogens (primary N) is 1. The predicted octanol–water partition coefficient (Wildman–Crippen LogP) is 0.123. The lowest BCUT2D eigenvalue weighted by molar-refractivity contribution is -0.00120. The van der Waals surface area contributed by atoms with Crippen LogP contribution in [0.25, 0.3) is 0 Å². The van der Waals surface area contributed by atoms with Crippen LogP contribution in [0, 0.1) is 5.92 Å². The van der Waals surface area contributed by atoms with Gasteiger partial charge in [-0.1, -0.05) is 29.8 Å². The van der Waals surface area contributed by atoms with Crippen LogP contribution in [0.5, 0.6) is 0 Å². The number of rotatable bonds is 5. The molecule has 2 unspecified atom stereocenters. The van der Waals surface area contributed by atoms with E-state index < -0.39 is 36.4 Å². The van der Waals surface area contributed by atoms with Crippen molar-refractivity contribution in [2.75, 3.05) is 6.61 Å². The monoisotopic (exact) mass is 380 g/mol. The molecule has 1 saturated carbocycles. The molecule has 1 aromatic carbocycles. The highest BCUT2D eigenvalue weighted by molar-refractivity contribution is 6.67. The quantitative estimate of drug-likeness (QED) is 0.460. The molecule has 0 radical (unpaired) electrons. The highest BCUT2D eigenvalue weighted by Gasteiger charge is 2.43. The summed E-state index contributed by atoms with van der Waals surface area (Å²) in [4.78, 5) is 8.13. The summed E-state index contributed by atoms with van der Waals surface area (Å²) in [6, 6.07) is 7.90. The van der Waals surface area contributed by atoms with Crippen molar-refractivity contribution < 1.29 is 15.3 Å². The van der Waals surface area contributed by atoms with Crippen molar-refractivity contribution in [1.29, 1.82) is 0 Å². The number of nitrogens with zero attached hydrogens (tertiary/aromatic N) is 4. The Labute approximate surface area is 155 Å². The van der Waals surface area contributed by atoms with E-state index in [0.717, 1.165) is 0 Å². The smallest absolute Gasteiger partial charge is 0.218 e. The van der Waals surface area contributed by atoms with Crippen molar-refractivity contribution in [1.82, 2.24) is 5.32 Å². The SMILES string of the molecule is NC1=NC(N[C@@H]2C[C@H](CO)[C@@H](O)[C@H]2O)C(N=Nc2ccccc2)C(Cl)=N1. The third-order valence-corrected chi connectivity index (χ3v) is 4.82. The highest BCUT2D eigenvalue weighted by Crippen LogP contribution is 2.28. The molecule has 0 bridgehead atoms. The number of benzene rings is 1. The van der Waals surface area contributed by atoms with Gasteiger partial charge in [0.25, 0.3) is 0 Å². The maximum atomic E-state index is 10.2. The van der Waals surface area contributed by atoms with Crippen molar-refractivity contribution in [3.63, 3.8) is 0 Å². The molecule has 26 heavy (non-hydrogen) atoms. The van der Waals surface area contributed by atoms with Gasteiger partial charge in [-0.2, -0.15) is 10.2 Å². The Morgan fingerprint density at radius 3 is 2.62 bits per heavy atom. The third-order valence-electron chi connectivity index (χ3n) is 4.51. The number of halogens is 1. The Bertz CT molecular complexity index is 713. The zero-order valence-electron chi connectivity index (χ0n) is 13.9. The zero-order valence-corrected chi connectivity index (χ0v) is 14.6. The molecule has 1 heterocycles. The van der Waals surface area contributed by atoms with Crippen LogP contribution < -0.4 is 11.1 Å². The van der Waals surface area contributed by atoms with Gasteiger partial charge in [-0.25, -0.2) is 9.98 Å². The molecular weight excluding hydrogens is 360 g/mol. The van der Waals surface area contributed by atoms with Crippen LogP contribution in [0.2, 0.25) is 0 Å². The van der Waals surface area contributed by atoms with Gasteiger partial charge in [0.1, 0.15) is 11.3 Å². The fraction of sp³-hybridized carbons (Fsp3) is 0.500. The lowest BCUT2D eigenvalue weighted by Crippen LogP contribution is -2.51. The minimum absolute atomic E-state index is 0.00888. The average Bonchev–Trinajstić information content (AvgIpc) is 2.89. The van der Waals surface area contributed by atoms with Gasteiger partial charge >= 0.3 is 0 Å². The second kappa shape index (κ2) is 8.19. The first kappa shape index (κ1) is 18.9. The minimum Gasteiger partial charge on any atom is -0.396 e. The second-order valence-corrected chi connectivity index (χ2v) is 6.68. The lowest BCUT2D eigenvalue weighted by Gasteiger charge is -2.27. The third kappa shape index (κ3) is 4.08. The largest absolute Gasteiger partial charge is 0.396 e. The average molecular weight is 381 g/mol. The normalized spacial score (nSPS) is 34.8. The Balaban J connectivity index is 1.77. The van der Waals surface area contributed by atoms with Crippen LogP contribution in [0.4, 0.5) is 5.69 Å². The van der Waals surface area contributed by atoms with E-state index in [-0.39, 0.29) is 17.7 Å². The maximum absolute atomic E-state index is 10.2. The molecule has 10 heteroatoms. The first-order valence-electron chi connectivity index (χ1n) is 8.26. The van der Waals surface area contributed by atoms with E-state index in [1.165, 1.54) is 0 Å². The molecule has 0 amide bonds. The summed E-state index contributed by atoms with van der Waals surface area (Å²) in [6.45, 7) is -0.216. The fourth-order valence-electron chi connectivity index (χ4n) is 3.10. The van der Waals surface area contributed by atoms with Gasteiger partial charge in [0.2, 0.25) is 5.96 Å². The van der Waals surface area contributed by atoms with Crippen LogP contribution >= 0.6 is 11.6 Å². The van der Waals surface area contributed by atoms with Gasteiger partial charge < -0.3 is 21.1 Å². The summed E-state index contributed by atoms with van der Waals surface area (Å²) in [6.07, 6.45) is -2.39. The Kier molecular flexibility index (Phi) is 5.94. The number of guanidine groups is 1. The molecule has 1 aliphatic carbocycles. The molecule has 0 saturated heterocycles. The van der Waals surface area contributed by atoms with E-state index in [1.807, 2.05) is 18.2 Å². The number of aliphatic hydroxyl groups is 3. The Morgan fingerprint density at radius 2 is 1.96 bits per heavy atom. The molecule has 1 aromatic rings. The first-order valence-corrected chi connectivity index (χ1v) is 8.63. The summed E-state index contributed by atoms with van der Waals surface area (Å²) in [5, 5.41) is 41.1. The molecule has 6 N–H and O–H groups in total. The number of aliphatic hydroxyl groups excluding tert-OH is 3. The van der Waals surface area contributed by atoms with Crippen molar-refractivity contribution in [2.24, 2.45) is 31.9 Å². The van der Waals surface area contributed by atoms with Gasteiger partial charge in [-0.05, 0) is 18.6 Å². The highest BCUT2D eigenvalue weighted by atomic mass is 35.5. The van der Waals surface area contributed by atoms with E-state index >= 15 is 0 Å². The van der Waals surface area contributed by atoms with Crippen molar-refractivity contribution >= 4 is 28.4 Å². The molecule has 9 nitrogen and oxygen atoms in total. The van der Waals surface area contributed by atoms with E-state index in [1.54, 1.807) is 12.1 Å². The number of azo groups is 1. The number of hydrogen-bond donors (Lipinski definition) is 5. The predicted molar refractivity (Wildman–Crippen MR) is 97.6 cm³/mol. The zero-order chi connectivity index (χ0) is 18.7. The molecule has 1 aliphatic heterocycles. The van der Waals surface area contributed by atoms with E-state index in [4.69, 9.17) is 17.3 Å². The second-order valence-electron chi connectivity index (χ2n) is 6.30. The summed E-state index contributed by atoms with van der Waals surface area (Å²) in [5.74, 6) is -0.425. The molecule has 6 atom stereocenters. The number of nitrogens with one attached hydrogen (secondary N) is 1. The summed E-state index contributed by atoms with van der Waals surface area (Å²) in [7, 11) is 0. The number of aliphatic imine (C=N–C) groups is 2. The summed E-state index contributed by atoms with van der Waals surface area (Å²) in [5.41, 5.74) is 6.34.